The van der Waals surface area contributed by atoms with Gasteiger partial charge in [0.25, 0.3) is 0 Å². The van der Waals surface area contributed by atoms with Gasteiger partial charge in [-0.15, -0.1) is 11.6 Å². The lowest BCUT2D eigenvalue weighted by Crippen LogP contribution is -1.91. The van der Waals surface area contributed by atoms with Crippen LogP contribution in [-0.4, -0.2) is 0 Å². The molecule has 2 aromatic carbocycles. The molecule has 0 N–H and O–H groups in total. The predicted molar refractivity (Wildman–Crippen MR) is 86.0 cm³/mol. The molecule has 0 saturated heterocycles. The maximum absolute atomic E-state index is 6.43. The Labute approximate surface area is 131 Å². The summed E-state index contributed by atoms with van der Waals surface area (Å²) >= 11 is 9.72. The quantitative estimate of drug-likeness (QED) is 0.527. The van der Waals surface area contributed by atoms with Crippen LogP contribution in [0.3, 0.4) is 0 Å². The van der Waals surface area contributed by atoms with Crippen molar-refractivity contribution < 1.29 is 4.42 Å². The summed E-state index contributed by atoms with van der Waals surface area (Å²) in [5, 5.41) is -0.272. The number of hydrogen-bond donors (Lipinski definition) is 0. The van der Waals surface area contributed by atoms with Crippen LogP contribution in [0.1, 0.15) is 16.7 Å². The zero-order valence-electron chi connectivity index (χ0n) is 10.6. The monoisotopic (exact) mass is 346 g/mol. The van der Waals surface area contributed by atoms with E-state index in [1.165, 1.54) is 11.1 Å². The van der Waals surface area contributed by atoms with Crippen LogP contribution in [0.15, 0.2) is 75.8 Å². The van der Waals surface area contributed by atoms with E-state index in [2.05, 4.69) is 40.2 Å². The van der Waals surface area contributed by atoms with Gasteiger partial charge in [0.05, 0.1) is 0 Å². The first-order valence-corrected chi connectivity index (χ1v) is 7.51. The van der Waals surface area contributed by atoms with E-state index in [0.29, 0.717) is 4.67 Å². The average Bonchev–Trinajstić information content (AvgIpc) is 2.94. The number of alkyl halides is 1. The summed E-state index contributed by atoms with van der Waals surface area (Å²) in [4.78, 5) is 0. The molecule has 1 nitrogen and oxygen atoms in total. The molecule has 20 heavy (non-hydrogen) atoms. The van der Waals surface area contributed by atoms with Gasteiger partial charge in [-0.3, -0.25) is 0 Å². The van der Waals surface area contributed by atoms with Crippen LogP contribution in [0, 0.1) is 0 Å². The fourth-order valence-corrected chi connectivity index (χ4v) is 2.69. The molecule has 0 radical (unpaired) electrons. The Morgan fingerprint density at radius 3 is 2.05 bits per heavy atom. The van der Waals surface area contributed by atoms with E-state index in [9.17, 15) is 0 Å². The SMILES string of the molecule is ClC(c1ccc(-c2ccccc2)cc1)c1ccc(Br)o1. The first-order chi connectivity index (χ1) is 9.74. The normalized spacial score (nSPS) is 12.3. The maximum Gasteiger partial charge on any atom is 0.169 e. The molecule has 0 fully saturated rings. The van der Waals surface area contributed by atoms with Gasteiger partial charge in [-0.2, -0.15) is 0 Å². The third-order valence-electron chi connectivity index (χ3n) is 3.15. The van der Waals surface area contributed by atoms with Crippen molar-refractivity contribution in [2.24, 2.45) is 0 Å². The summed E-state index contributed by atoms with van der Waals surface area (Å²) in [7, 11) is 0. The van der Waals surface area contributed by atoms with Gasteiger partial charge < -0.3 is 4.42 Å². The molecule has 0 bridgehead atoms. The van der Waals surface area contributed by atoms with Gasteiger partial charge in [0.1, 0.15) is 11.1 Å². The van der Waals surface area contributed by atoms with Crippen LogP contribution in [-0.2, 0) is 0 Å². The van der Waals surface area contributed by atoms with Gasteiger partial charge in [-0.05, 0) is 44.8 Å². The first kappa shape index (κ1) is 13.5. The summed E-state index contributed by atoms with van der Waals surface area (Å²) in [6.07, 6.45) is 0. The molecule has 1 atom stereocenters. The molecular formula is C17H12BrClO. The number of furan rings is 1. The highest BCUT2D eigenvalue weighted by molar-refractivity contribution is 9.10. The van der Waals surface area contributed by atoms with Crippen molar-refractivity contribution in [1.82, 2.24) is 0 Å². The molecule has 1 aromatic heterocycles. The zero-order valence-corrected chi connectivity index (χ0v) is 12.9. The second-order valence-corrected chi connectivity index (χ2v) is 5.71. The van der Waals surface area contributed by atoms with Crippen LogP contribution in [0.25, 0.3) is 11.1 Å². The highest BCUT2D eigenvalue weighted by Gasteiger charge is 2.14. The third-order valence-corrected chi connectivity index (χ3v) is 4.05. The Bertz CT molecular complexity index is 689. The Kier molecular flexibility index (Phi) is 3.95. The van der Waals surface area contributed by atoms with E-state index in [1.54, 1.807) is 0 Å². The Morgan fingerprint density at radius 2 is 1.45 bits per heavy atom. The fourth-order valence-electron chi connectivity index (χ4n) is 2.10. The molecule has 3 rings (SSSR count). The fraction of sp³-hybridized carbons (Fsp3) is 0.0588. The second kappa shape index (κ2) is 5.86. The van der Waals surface area contributed by atoms with E-state index in [1.807, 2.05) is 42.5 Å². The lowest BCUT2D eigenvalue weighted by molar-refractivity contribution is 0.494. The maximum atomic E-state index is 6.43. The standard InChI is InChI=1S/C17H12BrClO/c18-16-11-10-15(20-16)17(19)14-8-6-13(7-9-14)12-4-2-1-3-5-12/h1-11,17H. The molecule has 0 aliphatic heterocycles. The van der Waals surface area contributed by atoms with E-state index < -0.39 is 0 Å². The van der Waals surface area contributed by atoms with Crippen molar-refractivity contribution in [3.05, 3.63) is 82.7 Å². The topological polar surface area (TPSA) is 13.1 Å². The minimum atomic E-state index is -0.272. The number of hydrogen-bond acceptors (Lipinski definition) is 1. The summed E-state index contributed by atoms with van der Waals surface area (Å²) in [5.41, 5.74) is 3.40. The summed E-state index contributed by atoms with van der Waals surface area (Å²) in [6, 6.07) is 22.2. The molecule has 0 amide bonds. The molecule has 1 heterocycles. The molecule has 0 saturated carbocycles. The van der Waals surface area contributed by atoms with E-state index >= 15 is 0 Å². The van der Waals surface area contributed by atoms with Gasteiger partial charge in [0.2, 0.25) is 0 Å². The van der Waals surface area contributed by atoms with Crippen molar-refractivity contribution in [2.45, 2.75) is 5.38 Å². The van der Waals surface area contributed by atoms with Crippen LogP contribution < -0.4 is 0 Å². The summed E-state index contributed by atoms with van der Waals surface area (Å²) in [5.74, 6) is 0.742. The van der Waals surface area contributed by atoms with Gasteiger partial charge in [-0.1, -0.05) is 54.6 Å². The van der Waals surface area contributed by atoms with Gasteiger partial charge in [0.15, 0.2) is 4.67 Å². The molecule has 100 valence electrons. The smallest absolute Gasteiger partial charge is 0.169 e. The van der Waals surface area contributed by atoms with Gasteiger partial charge in [-0.25, -0.2) is 0 Å². The van der Waals surface area contributed by atoms with Crippen molar-refractivity contribution in [1.29, 1.82) is 0 Å². The minimum absolute atomic E-state index is 0.272. The molecule has 0 aliphatic rings. The first-order valence-electron chi connectivity index (χ1n) is 6.29. The van der Waals surface area contributed by atoms with Crippen LogP contribution in [0.4, 0.5) is 0 Å². The van der Waals surface area contributed by atoms with Crippen molar-refractivity contribution >= 4 is 27.5 Å². The van der Waals surface area contributed by atoms with Crippen molar-refractivity contribution in [3.8, 4) is 11.1 Å². The predicted octanol–water partition coefficient (Wildman–Crippen LogP) is 6.04. The average molecular weight is 348 g/mol. The lowest BCUT2D eigenvalue weighted by atomic mass is 10.0. The van der Waals surface area contributed by atoms with Crippen molar-refractivity contribution in [3.63, 3.8) is 0 Å². The van der Waals surface area contributed by atoms with E-state index in [4.69, 9.17) is 16.0 Å². The molecule has 3 aromatic rings. The third kappa shape index (κ3) is 2.82. The highest BCUT2D eigenvalue weighted by atomic mass is 79.9. The molecule has 3 heteroatoms. The Hall–Kier alpha value is -1.51. The molecule has 1 unspecified atom stereocenters. The Morgan fingerprint density at radius 1 is 0.800 bits per heavy atom. The Balaban J connectivity index is 1.86. The van der Waals surface area contributed by atoms with Crippen LogP contribution in [0.2, 0.25) is 0 Å². The second-order valence-electron chi connectivity index (χ2n) is 4.49. The molecular weight excluding hydrogens is 336 g/mol. The van der Waals surface area contributed by atoms with Crippen LogP contribution in [0.5, 0.6) is 0 Å². The van der Waals surface area contributed by atoms with E-state index in [-0.39, 0.29) is 5.38 Å². The number of benzene rings is 2. The summed E-state index contributed by atoms with van der Waals surface area (Å²) in [6.45, 7) is 0. The summed E-state index contributed by atoms with van der Waals surface area (Å²) < 4.78 is 6.19. The highest BCUT2D eigenvalue weighted by Crippen LogP contribution is 2.32. The van der Waals surface area contributed by atoms with Crippen molar-refractivity contribution in [2.75, 3.05) is 0 Å². The lowest BCUT2D eigenvalue weighted by Gasteiger charge is -2.08. The molecule has 0 aliphatic carbocycles. The van der Waals surface area contributed by atoms with Gasteiger partial charge in [0, 0.05) is 0 Å². The largest absolute Gasteiger partial charge is 0.452 e. The minimum Gasteiger partial charge on any atom is -0.452 e. The molecule has 0 spiro atoms. The van der Waals surface area contributed by atoms with Gasteiger partial charge >= 0.3 is 0 Å². The zero-order chi connectivity index (χ0) is 13.9. The number of rotatable bonds is 3. The van der Waals surface area contributed by atoms with E-state index in [0.717, 1.165) is 11.3 Å². The van der Waals surface area contributed by atoms with Crippen LogP contribution >= 0.6 is 27.5 Å². The number of halogens is 2.